The lowest BCUT2D eigenvalue weighted by atomic mass is 10.2. The molecule has 0 heterocycles. The summed E-state index contributed by atoms with van der Waals surface area (Å²) in [7, 11) is 3.14. The van der Waals surface area contributed by atoms with Crippen molar-refractivity contribution < 1.29 is 19.0 Å². The first kappa shape index (κ1) is 12.5. The van der Waals surface area contributed by atoms with Crippen molar-refractivity contribution in [1.82, 2.24) is 0 Å². The van der Waals surface area contributed by atoms with Crippen LogP contribution in [0.1, 0.15) is 17.3 Å². The molecule has 0 saturated heterocycles. The molecule has 0 amide bonds. The van der Waals surface area contributed by atoms with Crippen LogP contribution < -0.4 is 4.74 Å². The molecule has 1 aromatic rings. The van der Waals surface area contributed by atoms with Gasteiger partial charge in [-0.3, -0.25) is 0 Å². The van der Waals surface area contributed by atoms with Crippen LogP contribution in [0.15, 0.2) is 24.3 Å². The van der Waals surface area contributed by atoms with Crippen LogP contribution in [0.3, 0.4) is 0 Å². The second-order valence-electron chi connectivity index (χ2n) is 3.40. The van der Waals surface area contributed by atoms with Crippen molar-refractivity contribution in [3.63, 3.8) is 0 Å². The van der Waals surface area contributed by atoms with Gasteiger partial charge in [-0.2, -0.15) is 0 Å². The molecule has 0 aliphatic rings. The van der Waals surface area contributed by atoms with Gasteiger partial charge in [0, 0.05) is 7.11 Å². The highest BCUT2D eigenvalue weighted by molar-refractivity contribution is 5.89. The summed E-state index contributed by atoms with van der Waals surface area (Å²) in [5, 5.41) is 0. The van der Waals surface area contributed by atoms with Crippen LogP contribution in [0, 0.1) is 0 Å². The Labute approximate surface area is 95.1 Å². The number of carbonyl (C=O) groups is 1. The molecule has 0 N–H and O–H groups in total. The Hall–Kier alpha value is -1.55. The van der Waals surface area contributed by atoms with Gasteiger partial charge in [0.15, 0.2) is 0 Å². The van der Waals surface area contributed by atoms with Crippen molar-refractivity contribution in [1.29, 1.82) is 0 Å². The fraction of sp³-hybridized carbons (Fsp3) is 0.417. The molecule has 88 valence electrons. The van der Waals surface area contributed by atoms with E-state index >= 15 is 0 Å². The molecule has 1 aromatic carbocycles. The highest BCUT2D eigenvalue weighted by Crippen LogP contribution is 2.12. The molecular weight excluding hydrogens is 208 g/mol. The largest absolute Gasteiger partial charge is 0.497 e. The maximum absolute atomic E-state index is 11.6. The van der Waals surface area contributed by atoms with Gasteiger partial charge < -0.3 is 14.2 Å². The van der Waals surface area contributed by atoms with Crippen LogP contribution in [-0.2, 0) is 9.47 Å². The molecule has 4 nitrogen and oxygen atoms in total. The zero-order valence-corrected chi connectivity index (χ0v) is 9.73. The Bertz CT molecular complexity index is 331. The summed E-state index contributed by atoms with van der Waals surface area (Å²) in [6.45, 7) is 2.17. The molecular formula is C12H16O4. The van der Waals surface area contributed by atoms with Gasteiger partial charge in [0.05, 0.1) is 19.3 Å². The van der Waals surface area contributed by atoms with Crippen molar-refractivity contribution in [2.45, 2.75) is 13.0 Å². The molecule has 16 heavy (non-hydrogen) atoms. The van der Waals surface area contributed by atoms with Crippen LogP contribution in [0.5, 0.6) is 5.75 Å². The topological polar surface area (TPSA) is 44.8 Å². The van der Waals surface area contributed by atoms with Crippen molar-refractivity contribution >= 4 is 5.97 Å². The zero-order valence-electron chi connectivity index (χ0n) is 9.73. The Morgan fingerprint density at radius 1 is 1.25 bits per heavy atom. The van der Waals surface area contributed by atoms with E-state index in [-0.39, 0.29) is 12.1 Å². The van der Waals surface area contributed by atoms with Gasteiger partial charge in [-0.1, -0.05) is 0 Å². The Morgan fingerprint density at radius 2 is 1.88 bits per heavy atom. The quantitative estimate of drug-likeness (QED) is 0.716. The Balaban J connectivity index is 2.59. The predicted octanol–water partition coefficient (Wildman–Crippen LogP) is 1.89. The summed E-state index contributed by atoms with van der Waals surface area (Å²) in [6, 6.07) is 6.77. The molecule has 0 aliphatic carbocycles. The molecule has 0 aromatic heterocycles. The number of ether oxygens (including phenoxy) is 3. The normalized spacial score (nSPS) is 11.9. The van der Waals surface area contributed by atoms with Crippen LogP contribution in [-0.4, -0.2) is 32.9 Å². The number of hydrogen-bond acceptors (Lipinski definition) is 4. The molecule has 1 atom stereocenters. The predicted molar refractivity (Wildman–Crippen MR) is 59.7 cm³/mol. The minimum Gasteiger partial charge on any atom is -0.497 e. The van der Waals surface area contributed by atoms with Crippen LogP contribution in [0.4, 0.5) is 0 Å². The first-order valence-corrected chi connectivity index (χ1v) is 5.01. The van der Waals surface area contributed by atoms with Crippen molar-refractivity contribution in [2.24, 2.45) is 0 Å². The number of hydrogen-bond donors (Lipinski definition) is 0. The molecule has 0 saturated carbocycles. The van der Waals surface area contributed by atoms with E-state index in [9.17, 15) is 4.79 Å². The molecule has 4 heteroatoms. The van der Waals surface area contributed by atoms with Gasteiger partial charge in [-0.05, 0) is 31.2 Å². The molecule has 0 unspecified atom stereocenters. The average Bonchev–Trinajstić information content (AvgIpc) is 2.29. The second kappa shape index (κ2) is 6.12. The van der Waals surface area contributed by atoms with E-state index < -0.39 is 0 Å². The maximum Gasteiger partial charge on any atom is 0.338 e. The third-order valence-electron chi connectivity index (χ3n) is 2.04. The summed E-state index contributed by atoms with van der Waals surface area (Å²) in [5.74, 6) is 0.355. The van der Waals surface area contributed by atoms with E-state index in [2.05, 4.69) is 0 Å². The van der Waals surface area contributed by atoms with Gasteiger partial charge in [0.1, 0.15) is 11.9 Å². The van der Waals surface area contributed by atoms with E-state index in [1.165, 1.54) is 0 Å². The SMILES string of the molecule is COC[C@@H](C)OC(=O)c1ccc(OC)cc1. The molecule has 0 spiro atoms. The van der Waals surface area contributed by atoms with Crippen molar-refractivity contribution in [2.75, 3.05) is 20.8 Å². The van der Waals surface area contributed by atoms with Crippen LogP contribution >= 0.6 is 0 Å². The summed E-state index contributed by atoms with van der Waals surface area (Å²) in [6.07, 6.45) is -0.250. The van der Waals surface area contributed by atoms with Crippen LogP contribution in [0.2, 0.25) is 0 Å². The first-order chi connectivity index (χ1) is 7.67. The molecule has 0 radical (unpaired) electrons. The van der Waals surface area contributed by atoms with E-state index in [0.29, 0.717) is 17.9 Å². The lowest BCUT2D eigenvalue weighted by molar-refractivity contribution is 0.0120. The lowest BCUT2D eigenvalue weighted by Crippen LogP contribution is -2.19. The van der Waals surface area contributed by atoms with E-state index in [1.807, 2.05) is 0 Å². The van der Waals surface area contributed by atoms with Gasteiger partial charge in [0.25, 0.3) is 0 Å². The molecule has 0 bridgehead atoms. The first-order valence-electron chi connectivity index (χ1n) is 5.01. The van der Waals surface area contributed by atoms with Crippen molar-refractivity contribution in [3.05, 3.63) is 29.8 Å². The molecule has 1 rings (SSSR count). The van der Waals surface area contributed by atoms with E-state index in [1.54, 1.807) is 45.4 Å². The highest BCUT2D eigenvalue weighted by atomic mass is 16.6. The molecule has 0 fully saturated rings. The zero-order chi connectivity index (χ0) is 12.0. The van der Waals surface area contributed by atoms with Crippen LogP contribution in [0.25, 0.3) is 0 Å². The monoisotopic (exact) mass is 224 g/mol. The summed E-state index contributed by atoms with van der Waals surface area (Å²) in [4.78, 5) is 11.6. The number of esters is 1. The Morgan fingerprint density at radius 3 is 2.38 bits per heavy atom. The fourth-order valence-electron chi connectivity index (χ4n) is 1.25. The third kappa shape index (κ3) is 3.55. The fourth-order valence-corrected chi connectivity index (χ4v) is 1.25. The highest BCUT2D eigenvalue weighted by Gasteiger charge is 2.11. The minimum atomic E-state index is -0.354. The van der Waals surface area contributed by atoms with E-state index in [0.717, 1.165) is 0 Å². The number of methoxy groups -OCH3 is 2. The number of rotatable bonds is 5. The minimum absolute atomic E-state index is 0.250. The third-order valence-corrected chi connectivity index (χ3v) is 2.04. The number of carbonyl (C=O) groups excluding carboxylic acids is 1. The average molecular weight is 224 g/mol. The summed E-state index contributed by atoms with van der Waals surface area (Å²) >= 11 is 0. The summed E-state index contributed by atoms with van der Waals surface area (Å²) < 4.78 is 15.0. The van der Waals surface area contributed by atoms with Gasteiger partial charge in [-0.15, -0.1) is 0 Å². The smallest absolute Gasteiger partial charge is 0.338 e. The van der Waals surface area contributed by atoms with Crippen molar-refractivity contribution in [3.8, 4) is 5.75 Å². The molecule has 0 aliphatic heterocycles. The van der Waals surface area contributed by atoms with Gasteiger partial charge in [-0.25, -0.2) is 4.79 Å². The maximum atomic E-state index is 11.6. The van der Waals surface area contributed by atoms with E-state index in [4.69, 9.17) is 14.2 Å². The standard InChI is InChI=1S/C12H16O4/c1-9(8-14-2)16-12(13)10-4-6-11(15-3)7-5-10/h4-7,9H,8H2,1-3H3/t9-/m1/s1. The van der Waals surface area contributed by atoms with Gasteiger partial charge in [0.2, 0.25) is 0 Å². The number of benzene rings is 1. The lowest BCUT2D eigenvalue weighted by Gasteiger charge is -2.12. The summed E-state index contributed by atoms with van der Waals surface area (Å²) in [5.41, 5.74) is 0.503. The Kier molecular flexibility index (Phi) is 4.79. The second-order valence-corrected chi connectivity index (χ2v) is 3.40. The van der Waals surface area contributed by atoms with Gasteiger partial charge >= 0.3 is 5.97 Å².